The van der Waals surface area contributed by atoms with Gasteiger partial charge in [-0.15, -0.1) is 11.3 Å². The lowest BCUT2D eigenvalue weighted by Gasteiger charge is -2.15. The molecule has 1 aromatic rings. The summed E-state index contributed by atoms with van der Waals surface area (Å²) in [6, 6.07) is 4.35. The van der Waals surface area contributed by atoms with E-state index in [9.17, 15) is 0 Å². The molecule has 1 heterocycles. The van der Waals surface area contributed by atoms with Crippen LogP contribution in [0.2, 0.25) is 0 Å². The minimum atomic E-state index is 0.235. The van der Waals surface area contributed by atoms with E-state index in [0.717, 1.165) is 6.54 Å². The van der Waals surface area contributed by atoms with Gasteiger partial charge in [0.1, 0.15) is 0 Å². The maximum Gasteiger partial charge on any atom is 0.166 e. The Morgan fingerprint density at radius 3 is 3.07 bits per heavy atom. The van der Waals surface area contributed by atoms with Crippen LogP contribution in [-0.2, 0) is 11.3 Å². The number of methoxy groups -OCH3 is 1. The average Bonchev–Trinajstić information content (AvgIpc) is 2.67. The number of nitrogens with one attached hydrogen (secondary N) is 2. The number of hydrogen-bond acceptors (Lipinski definition) is 3. The van der Waals surface area contributed by atoms with Crippen molar-refractivity contribution in [3.63, 3.8) is 0 Å². The lowest BCUT2D eigenvalue weighted by molar-refractivity contribution is 0.179. The summed E-state index contributed by atoms with van der Waals surface area (Å²) >= 11 is 6.86. The first-order chi connectivity index (χ1) is 7.22. The molecule has 1 atom stereocenters. The van der Waals surface area contributed by atoms with Crippen molar-refractivity contribution in [2.24, 2.45) is 0 Å². The van der Waals surface area contributed by atoms with Gasteiger partial charge in [0, 0.05) is 18.0 Å². The molecule has 15 heavy (non-hydrogen) atoms. The van der Waals surface area contributed by atoms with Gasteiger partial charge in [-0.25, -0.2) is 0 Å². The molecule has 0 radical (unpaired) electrons. The van der Waals surface area contributed by atoms with Gasteiger partial charge in [0.15, 0.2) is 5.11 Å². The molecule has 2 N–H and O–H groups in total. The molecule has 84 valence electrons. The van der Waals surface area contributed by atoms with Gasteiger partial charge in [-0.05, 0) is 30.6 Å². The van der Waals surface area contributed by atoms with Crippen LogP contribution in [0.4, 0.5) is 0 Å². The van der Waals surface area contributed by atoms with E-state index >= 15 is 0 Å². The number of thiophene rings is 1. The monoisotopic (exact) mass is 244 g/mol. The topological polar surface area (TPSA) is 33.3 Å². The smallest absolute Gasteiger partial charge is 0.166 e. The van der Waals surface area contributed by atoms with E-state index in [-0.39, 0.29) is 6.04 Å². The van der Waals surface area contributed by atoms with Crippen LogP contribution in [-0.4, -0.2) is 24.9 Å². The van der Waals surface area contributed by atoms with Crippen molar-refractivity contribution in [2.45, 2.75) is 19.5 Å². The van der Waals surface area contributed by atoms with Gasteiger partial charge in [-0.3, -0.25) is 0 Å². The summed E-state index contributed by atoms with van der Waals surface area (Å²) in [5, 5.41) is 9.02. The van der Waals surface area contributed by atoms with Crippen LogP contribution in [0.25, 0.3) is 0 Å². The van der Waals surface area contributed by atoms with E-state index in [2.05, 4.69) is 22.1 Å². The van der Waals surface area contributed by atoms with Crippen molar-refractivity contribution < 1.29 is 4.74 Å². The van der Waals surface area contributed by atoms with Gasteiger partial charge in [-0.1, -0.05) is 6.07 Å². The standard InChI is InChI=1S/C10H16N2OS2/c1-8(7-13-2)12-10(14)11-6-9-4-3-5-15-9/h3-5,8H,6-7H2,1-2H3,(H2,11,12,14). The van der Waals surface area contributed by atoms with Crippen molar-refractivity contribution in [2.75, 3.05) is 13.7 Å². The molecule has 0 fully saturated rings. The van der Waals surface area contributed by atoms with Crippen LogP contribution >= 0.6 is 23.6 Å². The molecule has 0 spiro atoms. The molecule has 1 unspecified atom stereocenters. The van der Waals surface area contributed by atoms with E-state index < -0.39 is 0 Å². The van der Waals surface area contributed by atoms with Gasteiger partial charge in [-0.2, -0.15) is 0 Å². The first-order valence-corrected chi connectivity index (χ1v) is 6.07. The van der Waals surface area contributed by atoms with Crippen molar-refractivity contribution >= 4 is 28.7 Å². The van der Waals surface area contributed by atoms with Crippen LogP contribution in [0.5, 0.6) is 0 Å². The third kappa shape index (κ3) is 5.11. The lowest BCUT2D eigenvalue weighted by Crippen LogP contribution is -2.41. The third-order valence-electron chi connectivity index (χ3n) is 1.80. The van der Waals surface area contributed by atoms with Gasteiger partial charge in [0.05, 0.1) is 13.2 Å². The van der Waals surface area contributed by atoms with Gasteiger partial charge in [0.2, 0.25) is 0 Å². The molecule has 0 aliphatic carbocycles. The Morgan fingerprint density at radius 1 is 1.67 bits per heavy atom. The molecule has 0 bridgehead atoms. The Balaban J connectivity index is 2.19. The Bertz CT molecular complexity index is 288. The van der Waals surface area contributed by atoms with Gasteiger partial charge in [0.25, 0.3) is 0 Å². The van der Waals surface area contributed by atoms with Crippen LogP contribution in [0, 0.1) is 0 Å². The van der Waals surface area contributed by atoms with Crippen molar-refractivity contribution in [3.8, 4) is 0 Å². The first kappa shape index (κ1) is 12.4. The summed E-state index contributed by atoms with van der Waals surface area (Å²) in [7, 11) is 1.68. The van der Waals surface area contributed by atoms with Crippen molar-refractivity contribution in [1.29, 1.82) is 0 Å². The average molecular weight is 244 g/mol. The Morgan fingerprint density at radius 2 is 2.47 bits per heavy atom. The maximum absolute atomic E-state index is 5.14. The minimum Gasteiger partial charge on any atom is -0.383 e. The lowest BCUT2D eigenvalue weighted by atomic mass is 10.4. The number of ether oxygens (including phenoxy) is 1. The molecule has 0 saturated heterocycles. The molecule has 0 aromatic carbocycles. The number of hydrogen-bond donors (Lipinski definition) is 2. The molecule has 0 aliphatic heterocycles. The second-order valence-corrected chi connectivity index (χ2v) is 4.70. The maximum atomic E-state index is 5.14. The van der Waals surface area contributed by atoms with E-state index in [1.807, 2.05) is 13.0 Å². The van der Waals surface area contributed by atoms with Crippen LogP contribution < -0.4 is 10.6 Å². The molecular formula is C10H16N2OS2. The zero-order valence-corrected chi connectivity index (χ0v) is 10.6. The molecule has 5 heteroatoms. The highest BCUT2D eigenvalue weighted by Gasteiger charge is 2.02. The number of rotatable bonds is 5. The Hall–Kier alpha value is -0.650. The highest BCUT2D eigenvalue weighted by molar-refractivity contribution is 7.80. The summed E-state index contributed by atoms with van der Waals surface area (Å²) in [4.78, 5) is 1.28. The van der Waals surface area contributed by atoms with E-state index in [1.54, 1.807) is 18.4 Å². The summed E-state index contributed by atoms with van der Waals surface area (Å²) in [6.07, 6.45) is 0. The summed E-state index contributed by atoms with van der Waals surface area (Å²) < 4.78 is 5.01. The first-order valence-electron chi connectivity index (χ1n) is 4.78. The van der Waals surface area contributed by atoms with E-state index in [1.165, 1.54) is 4.88 Å². The second-order valence-electron chi connectivity index (χ2n) is 3.26. The van der Waals surface area contributed by atoms with Crippen molar-refractivity contribution in [3.05, 3.63) is 22.4 Å². The normalized spacial score (nSPS) is 12.1. The summed E-state index contributed by atoms with van der Waals surface area (Å²) in [5.74, 6) is 0. The second kappa shape index (κ2) is 6.76. The highest BCUT2D eigenvalue weighted by Crippen LogP contribution is 2.07. The zero-order valence-electron chi connectivity index (χ0n) is 8.95. The summed E-state index contributed by atoms with van der Waals surface area (Å²) in [6.45, 7) is 3.46. The summed E-state index contributed by atoms with van der Waals surface area (Å²) in [5.41, 5.74) is 0. The van der Waals surface area contributed by atoms with Crippen molar-refractivity contribution in [1.82, 2.24) is 10.6 Å². The number of thiocarbonyl (C=S) groups is 1. The van der Waals surface area contributed by atoms with Crippen LogP contribution in [0.15, 0.2) is 17.5 Å². The SMILES string of the molecule is COCC(C)NC(=S)NCc1cccs1. The highest BCUT2D eigenvalue weighted by atomic mass is 32.1. The largest absolute Gasteiger partial charge is 0.383 e. The quantitative estimate of drug-likeness (QED) is 0.773. The molecule has 3 nitrogen and oxygen atoms in total. The zero-order chi connectivity index (χ0) is 11.1. The minimum absolute atomic E-state index is 0.235. The van der Waals surface area contributed by atoms with E-state index in [4.69, 9.17) is 17.0 Å². The fraction of sp³-hybridized carbons (Fsp3) is 0.500. The molecule has 1 aromatic heterocycles. The molecule has 0 amide bonds. The predicted molar refractivity (Wildman–Crippen MR) is 68.2 cm³/mol. The van der Waals surface area contributed by atoms with Gasteiger partial charge >= 0.3 is 0 Å². The molecule has 0 aliphatic rings. The van der Waals surface area contributed by atoms with E-state index in [0.29, 0.717) is 11.7 Å². The Kier molecular flexibility index (Phi) is 5.60. The Labute approximate surface area is 99.8 Å². The van der Waals surface area contributed by atoms with Crippen LogP contribution in [0.3, 0.4) is 0 Å². The fourth-order valence-corrected chi connectivity index (χ4v) is 2.06. The third-order valence-corrected chi connectivity index (χ3v) is 2.94. The predicted octanol–water partition coefficient (Wildman–Crippen LogP) is 1.75. The molecule has 0 saturated carbocycles. The molecule has 1 rings (SSSR count). The fourth-order valence-electron chi connectivity index (χ4n) is 1.15. The molecular weight excluding hydrogens is 228 g/mol. The van der Waals surface area contributed by atoms with Crippen LogP contribution in [0.1, 0.15) is 11.8 Å². The van der Waals surface area contributed by atoms with Gasteiger partial charge < -0.3 is 15.4 Å².